The summed E-state index contributed by atoms with van der Waals surface area (Å²) in [7, 11) is 0. The van der Waals surface area contributed by atoms with E-state index in [0.29, 0.717) is 23.7 Å². The van der Waals surface area contributed by atoms with E-state index in [1.165, 1.54) is 32.1 Å². The molecule has 2 fully saturated rings. The van der Waals surface area contributed by atoms with Gasteiger partial charge < -0.3 is 14.7 Å². The van der Waals surface area contributed by atoms with Crippen LogP contribution in [-0.2, 0) is 0 Å². The van der Waals surface area contributed by atoms with Gasteiger partial charge in [0.25, 0.3) is 0 Å². The van der Waals surface area contributed by atoms with Crippen LogP contribution in [0.15, 0.2) is 28.8 Å². The molecule has 0 spiro atoms. The third-order valence-electron chi connectivity index (χ3n) is 5.33. The maximum absolute atomic E-state index is 12.9. The number of aromatic nitrogens is 2. The Morgan fingerprint density at radius 2 is 2.04 bits per heavy atom. The monoisotopic (exact) mass is 354 g/mol. The van der Waals surface area contributed by atoms with Gasteiger partial charge in [0.1, 0.15) is 0 Å². The highest BCUT2D eigenvalue weighted by atomic mass is 16.5. The van der Waals surface area contributed by atoms with Gasteiger partial charge in [-0.1, -0.05) is 36.6 Å². The second kappa shape index (κ2) is 7.48. The number of carbonyl (C=O) groups is 1. The van der Waals surface area contributed by atoms with Gasteiger partial charge in [-0.2, -0.15) is 4.98 Å². The fraction of sp³-hybridized carbons (Fsp3) is 0.550. The Kier molecular flexibility index (Phi) is 4.91. The first-order chi connectivity index (χ1) is 12.7. The van der Waals surface area contributed by atoms with Gasteiger partial charge in [0.05, 0.1) is 0 Å². The third kappa shape index (κ3) is 4.06. The molecule has 6 nitrogen and oxygen atoms in total. The van der Waals surface area contributed by atoms with E-state index >= 15 is 0 Å². The topological polar surface area (TPSA) is 71.3 Å². The number of carbonyl (C=O) groups excluding carboxylic acids is 1. The number of hydrogen-bond acceptors (Lipinski definition) is 4. The summed E-state index contributed by atoms with van der Waals surface area (Å²) in [4.78, 5) is 19.2. The molecule has 1 aromatic heterocycles. The van der Waals surface area contributed by atoms with Crippen molar-refractivity contribution in [1.82, 2.24) is 15.0 Å². The average molecular weight is 354 g/mol. The lowest BCUT2D eigenvalue weighted by Crippen LogP contribution is -2.40. The number of benzene rings is 1. The molecule has 138 valence electrons. The van der Waals surface area contributed by atoms with Crippen molar-refractivity contribution in [2.75, 3.05) is 11.9 Å². The van der Waals surface area contributed by atoms with Crippen LogP contribution in [0.1, 0.15) is 50.8 Å². The summed E-state index contributed by atoms with van der Waals surface area (Å²) in [5.41, 5.74) is 1.61. The van der Waals surface area contributed by atoms with Crippen LogP contribution in [0.4, 0.5) is 10.5 Å². The minimum atomic E-state index is 0.0134. The molecule has 26 heavy (non-hydrogen) atoms. The number of anilines is 1. The predicted molar refractivity (Wildman–Crippen MR) is 99.8 cm³/mol. The Morgan fingerprint density at radius 3 is 2.73 bits per heavy atom. The van der Waals surface area contributed by atoms with Crippen LogP contribution in [-0.4, -0.2) is 33.7 Å². The molecule has 2 aliphatic carbocycles. The van der Waals surface area contributed by atoms with Crippen LogP contribution in [0, 0.1) is 12.8 Å². The second-order valence-corrected chi connectivity index (χ2v) is 7.54. The third-order valence-corrected chi connectivity index (χ3v) is 5.33. The van der Waals surface area contributed by atoms with Gasteiger partial charge in [-0.15, -0.1) is 0 Å². The van der Waals surface area contributed by atoms with Gasteiger partial charge in [-0.25, -0.2) is 4.79 Å². The number of aryl methyl sites for hydroxylation is 1. The van der Waals surface area contributed by atoms with E-state index in [1.807, 2.05) is 24.3 Å². The number of urea groups is 1. The maximum atomic E-state index is 12.9. The van der Waals surface area contributed by atoms with Gasteiger partial charge in [-0.05, 0) is 43.7 Å². The molecule has 2 aliphatic rings. The lowest BCUT2D eigenvalue weighted by molar-refractivity contribution is 0.186. The Labute approximate surface area is 154 Å². The fourth-order valence-electron chi connectivity index (χ4n) is 3.78. The van der Waals surface area contributed by atoms with Crippen molar-refractivity contribution in [3.8, 4) is 11.4 Å². The first-order valence-electron chi connectivity index (χ1n) is 9.67. The van der Waals surface area contributed by atoms with E-state index < -0.39 is 0 Å². The Hall–Kier alpha value is -2.37. The summed E-state index contributed by atoms with van der Waals surface area (Å²) >= 11 is 0. The number of hydrogen-bond donors (Lipinski definition) is 1. The van der Waals surface area contributed by atoms with Crippen molar-refractivity contribution in [3.05, 3.63) is 30.2 Å². The van der Waals surface area contributed by atoms with E-state index in [0.717, 1.165) is 30.6 Å². The molecule has 2 saturated carbocycles. The summed E-state index contributed by atoms with van der Waals surface area (Å²) < 4.78 is 5.05. The van der Waals surface area contributed by atoms with Crippen LogP contribution < -0.4 is 5.32 Å². The Balaban J connectivity index is 1.44. The SMILES string of the molecule is Cc1nc(-c2cccc(NC(=O)N(CC3CCCCC3)C3CC3)c2)no1. The van der Waals surface area contributed by atoms with Crippen molar-refractivity contribution in [2.24, 2.45) is 5.92 Å². The normalized spacial score (nSPS) is 17.9. The molecule has 6 heteroatoms. The Morgan fingerprint density at radius 1 is 1.23 bits per heavy atom. The predicted octanol–water partition coefficient (Wildman–Crippen LogP) is 4.62. The number of amides is 2. The van der Waals surface area contributed by atoms with Crippen molar-refractivity contribution >= 4 is 11.7 Å². The lowest BCUT2D eigenvalue weighted by Gasteiger charge is -2.30. The van der Waals surface area contributed by atoms with Crippen molar-refractivity contribution in [3.63, 3.8) is 0 Å². The van der Waals surface area contributed by atoms with Crippen molar-refractivity contribution < 1.29 is 9.32 Å². The van der Waals surface area contributed by atoms with Crippen LogP contribution in [0.2, 0.25) is 0 Å². The average Bonchev–Trinajstić information content (AvgIpc) is 3.41. The quantitative estimate of drug-likeness (QED) is 0.850. The summed E-state index contributed by atoms with van der Waals surface area (Å²) in [5, 5.41) is 7.02. The summed E-state index contributed by atoms with van der Waals surface area (Å²) in [6, 6.07) is 8.05. The maximum Gasteiger partial charge on any atom is 0.322 e. The molecule has 2 amide bonds. The van der Waals surface area contributed by atoms with Gasteiger partial charge in [0.15, 0.2) is 0 Å². The molecule has 0 bridgehead atoms. The Bertz CT molecular complexity index is 763. The minimum Gasteiger partial charge on any atom is -0.339 e. The van der Waals surface area contributed by atoms with E-state index in [-0.39, 0.29) is 6.03 Å². The molecule has 0 radical (unpaired) electrons. The molecule has 2 aromatic rings. The second-order valence-electron chi connectivity index (χ2n) is 7.54. The molecule has 0 atom stereocenters. The zero-order valence-electron chi connectivity index (χ0n) is 15.3. The van der Waals surface area contributed by atoms with Crippen molar-refractivity contribution in [2.45, 2.75) is 57.9 Å². The molecule has 1 aromatic carbocycles. The summed E-state index contributed by atoms with van der Waals surface area (Å²) in [6.45, 7) is 2.65. The number of rotatable bonds is 5. The van der Waals surface area contributed by atoms with Crippen molar-refractivity contribution in [1.29, 1.82) is 0 Å². The first-order valence-corrected chi connectivity index (χ1v) is 9.67. The minimum absolute atomic E-state index is 0.0134. The van der Waals surface area contributed by atoms with Gasteiger partial charge >= 0.3 is 6.03 Å². The molecule has 4 rings (SSSR count). The van der Waals surface area contributed by atoms with E-state index in [9.17, 15) is 4.79 Å². The molecule has 1 heterocycles. The van der Waals surface area contributed by atoms with Crippen LogP contribution in [0.5, 0.6) is 0 Å². The highest BCUT2D eigenvalue weighted by Gasteiger charge is 2.34. The smallest absolute Gasteiger partial charge is 0.322 e. The molecule has 0 unspecified atom stereocenters. The zero-order valence-corrected chi connectivity index (χ0v) is 15.3. The van der Waals surface area contributed by atoms with E-state index in [1.54, 1.807) is 6.92 Å². The molecule has 0 saturated heterocycles. The van der Waals surface area contributed by atoms with Gasteiger partial charge in [0, 0.05) is 30.8 Å². The van der Waals surface area contributed by atoms with Gasteiger partial charge in [0.2, 0.25) is 11.7 Å². The standard InChI is InChI=1S/C20H26N4O2/c1-14-21-19(23-26-14)16-8-5-9-17(12-16)22-20(25)24(18-10-11-18)13-15-6-3-2-4-7-15/h5,8-9,12,15,18H,2-4,6-7,10-11,13H2,1H3,(H,22,25). The molecule has 1 N–H and O–H groups in total. The van der Waals surface area contributed by atoms with Crippen LogP contribution in [0.25, 0.3) is 11.4 Å². The molecular weight excluding hydrogens is 328 g/mol. The van der Waals surface area contributed by atoms with Crippen LogP contribution >= 0.6 is 0 Å². The summed E-state index contributed by atoms with van der Waals surface area (Å²) in [5.74, 6) is 1.73. The first kappa shape index (κ1) is 17.1. The lowest BCUT2D eigenvalue weighted by atomic mass is 9.89. The fourth-order valence-corrected chi connectivity index (χ4v) is 3.78. The highest BCUT2D eigenvalue weighted by Crippen LogP contribution is 2.32. The largest absolute Gasteiger partial charge is 0.339 e. The molecule has 0 aliphatic heterocycles. The molecular formula is C20H26N4O2. The highest BCUT2D eigenvalue weighted by molar-refractivity contribution is 5.90. The zero-order chi connectivity index (χ0) is 17.9. The van der Waals surface area contributed by atoms with Crippen LogP contribution in [0.3, 0.4) is 0 Å². The summed E-state index contributed by atoms with van der Waals surface area (Å²) in [6.07, 6.45) is 8.71. The van der Waals surface area contributed by atoms with Gasteiger partial charge in [-0.3, -0.25) is 0 Å². The van der Waals surface area contributed by atoms with E-state index in [4.69, 9.17) is 4.52 Å². The number of nitrogens with zero attached hydrogens (tertiary/aromatic N) is 3. The number of nitrogens with one attached hydrogen (secondary N) is 1. The van der Waals surface area contributed by atoms with E-state index in [2.05, 4.69) is 20.4 Å².